The van der Waals surface area contributed by atoms with E-state index in [1.165, 1.54) is 22.7 Å². The molecule has 0 N–H and O–H groups in total. The zero-order valence-electron chi connectivity index (χ0n) is 16.6. The van der Waals surface area contributed by atoms with Crippen molar-refractivity contribution in [1.29, 1.82) is 0 Å². The van der Waals surface area contributed by atoms with Gasteiger partial charge in [-0.2, -0.15) is 5.10 Å². The van der Waals surface area contributed by atoms with Crippen molar-refractivity contribution in [3.63, 3.8) is 0 Å². The Morgan fingerprint density at radius 1 is 1.03 bits per heavy atom. The van der Waals surface area contributed by atoms with Gasteiger partial charge in [0.2, 0.25) is 5.91 Å². The molecule has 1 amide bonds. The number of amidine groups is 1. The smallest absolute Gasteiger partial charge is 0.242 e. The molecule has 1 aliphatic rings. The molecule has 3 aromatic rings. The molecule has 1 unspecified atom stereocenters. The Balaban J connectivity index is 1.61. The van der Waals surface area contributed by atoms with Crippen LogP contribution in [0.2, 0.25) is 0 Å². The number of rotatable bonds is 5. The predicted octanol–water partition coefficient (Wildman–Crippen LogP) is 5.39. The molecule has 4 nitrogen and oxygen atoms in total. The average Bonchev–Trinajstić information content (AvgIpc) is 3.04. The fourth-order valence-corrected chi connectivity index (χ4v) is 4.41. The fraction of sp³-hybridized carbons (Fsp3) is 0.208. The summed E-state index contributed by atoms with van der Waals surface area (Å²) < 4.78 is 0. The number of benzene rings is 3. The Kier molecular flexibility index (Phi) is 5.76. The third-order valence-electron chi connectivity index (χ3n) is 5.03. The van der Waals surface area contributed by atoms with Crippen LogP contribution in [-0.2, 0) is 11.3 Å². The molecule has 1 fully saturated rings. The van der Waals surface area contributed by atoms with Gasteiger partial charge in [-0.1, -0.05) is 91.0 Å². The van der Waals surface area contributed by atoms with Crippen LogP contribution in [0.5, 0.6) is 0 Å². The molecule has 1 atom stereocenters. The fourth-order valence-electron chi connectivity index (χ4n) is 3.39. The highest BCUT2D eigenvalue weighted by atomic mass is 32.2. The first-order chi connectivity index (χ1) is 14.2. The van der Waals surface area contributed by atoms with Crippen molar-refractivity contribution < 1.29 is 4.79 Å². The Labute approximate surface area is 175 Å². The van der Waals surface area contributed by atoms with Crippen molar-refractivity contribution in [3.8, 4) is 0 Å². The molecule has 0 aliphatic carbocycles. The molecule has 1 saturated heterocycles. The molecule has 1 aliphatic heterocycles. The van der Waals surface area contributed by atoms with E-state index in [0.29, 0.717) is 11.7 Å². The number of aryl methyl sites for hydroxylation is 1. The number of thioether (sulfide) groups is 1. The molecule has 0 spiro atoms. The van der Waals surface area contributed by atoms with Gasteiger partial charge in [0.15, 0.2) is 5.17 Å². The summed E-state index contributed by atoms with van der Waals surface area (Å²) in [6.45, 7) is 4.59. The van der Waals surface area contributed by atoms with Crippen molar-refractivity contribution in [2.24, 2.45) is 10.2 Å². The van der Waals surface area contributed by atoms with E-state index < -0.39 is 0 Å². The third-order valence-corrected chi connectivity index (χ3v) is 6.36. The van der Waals surface area contributed by atoms with Crippen molar-refractivity contribution >= 4 is 39.8 Å². The Bertz CT molecular complexity index is 1080. The number of carbonyl (C=O) groups excluding carboxylic acids is 1. The lowest BCUT2D eigenvalue weighted by Crippen LogP contribution is -2.31. The summed E-state index contributed by atoms with van der Waals surface area (Å²) in [5, 5.41) is 11.6. The molecule has 0 radical (unpaired) electrons. The number of amides is 1. The van der Waals surface area contributed by atoms with Crippen LogP contribution < -0.4 is 0 Å². The molecule has 4 rings (SSSR count). The summed E-state index contributed by atoms with van der Waals surface area (Å²) >= 11 is 1.50. The number of fused-ring (bicyclic) bond motifs is 1. The molecule has 29 heavy (non-hydrogen) atoms. The van der Waals surface area contributed by atoms with Gasteiger partial charge in [0.25, 0.3) is 0 Å². The van der Waals surface area contributed by atoms with Crippen molar-refractivity contribution in [2.75, 3.05) is 0 Å². The monoisotopic (exact) mass is 401 g/mol. The van der Waals surface area contributed by atoms with Crippen molar-refractivity contribution in [1.82, 2.24) is 4.90 Å². The molecule has 146 valence electrons. The lowest BCUT2D eigenvalue weighted by atomic mass is 10.0. The van der Waals surface area contributed by atoms with E-state index >= 15 is 0 Å². The van der Waals surface area contributed by atoms with E-state index in [-0.39, 0.29) is 11.2 Å². The maximum absolute atomic E-state index is 12.9. The first-order valence-corrected chi connectivity index (χ1v) is 10.7. The molecule has 0 aromatic heterocycles. The minimum Gasteiger partial charge on any atom is -0.284 e. The van der Waals surface area contributed by atoms with Gasteiger partial charge in [-0.05, 0) is 35.2 Å². The van der Waals surface area contributed by atoms with Gasteiger partial charge >= 0.3 is 0 Å². The summed E-state index contributed by atoms with van der Waals surface area (Å²) in [6.07, 6.45) is 2.50. The second-order valence-electron chi connectivity index (χ2n) is 7.12. The molecule has 3 aromatic carbocycles. The number of hydrogen-bond acceptors (Lipinski definition) is 4. The van der Waals surface area contributed by atoms with Crippen LogP contribution in [0.3, 0.4) is 0 Å². The number of carbonyl (C=O) groups is 1. The molecule has 5 heteroatoms. The summed E-state index contributed by atoms with van der Waals surface area (Å²) in [5.41, 5.74) is 3.31. The van der Waals surface area contributed by atoms with Gasteiger partial charge in [-0.3, -0.25) is 9.69 Å². The maximum atomic E-state index is 12.9. The largest absolute Gasteiger partial charge is 0.284 e. The van der Waals surface area contributed by atoms with Crippen LogP contribution in [0.25, 0.3) is 10.8 Å². The highest BCUT2D eigenvalue weighted by Gasteiger charge is 2.37. The Hall–Kier alpha value is -2.92. The van der Waals surface area contributed by atoms with Crippen LogP contribution in [0.15, 0.2) is 76.9 Å². The summed E-state index contributed by atoms with van der Waals surface area (Å²) in [6, 6.07) is 22.6. The van der Waals surface area contributed by atoms with E-state index in [2.05, 4.69) is 41.4 Å². The second kappa shape index (κ2) is 8.62. The summed E-state index contributed by atoms with van der Waals surface area (Å²) in [4.78, 5) is 14.7. The standard InChI is InChI=1S/C24H23N3OS/c1-3-22-23(28)27(16-20-9-6-8-19-7-4-5-10-21(19)20)24(29-22)26-25-15-18-13-11-17(2)12-14-18/h4-15,22H,3,16H2,1-2H3. The van der Waals surface area contributed by atoms with E-state index in [1.807, 2.05) is 49.4 Å². The van der Waals surface area contributed by atoms with Gasteiger partial charge in [-0.25, -0.2) is 0 Å². The van der Waals surface area contributed by atoms with E-state index in [9.17, 15) is 4.79 Å². The maximum Gasteiger partial charge on any atom is 0.242 e. The van der Waals surface area contributed by atoms with Gasteiger partial charge in [0.05, 0.1) is 18.0 Å². The minimum atomic E-state index is -0.0988. The number of hydrogen-bond donors (Lipinski definition) is 0. The first-order valence-electron chi connectivity index (χ1n) is 9.78. The molecular formula is C24H23N3OS. The highest BCUT2D eigenvalue weighted by Crippen LogP contribution is 2.32. The van der Waals surface area contributed by atoms with Crippen LogP contribution in [0.4, 0.5) is 0 Å². The number of nitrogens with zero attached hydrogens (tertiary/aromatic N) is 3. The van der Waals surface area contributed by atoms with E-state index in [4.69, 9.17) is 0 Å². The Morgan fingerprint density at radius 2 is 1.79 bits per heavy atom. The molecule has 1 heterocycles. The quantitative estimate of drug-likeness (QED) is 0.425. The van der Waals surface area contributed by atoms with Crippen LogP contribution in [0, 0.1) is 6.92 Å². The SMILES string of the molecule is CCC1SC(=NN=Cc2ccc(C)cc2)N(Cc2cccc3ccccc23)C1=O. The lowest BCUT2D eigenvalue weighted by molar-refractivity contribution is -0.126. The van der Waals surface area contributed by atoms with Gasteiger partial charge in [-0.15, -0.1) is 5.10 Å². The van der Waals surface area contributed by atoms with Gasteiger partial charge in [0, 0.05) is 0 Å². The van der Waals surface area contributed by atoms with Gasteiger partial charge in [0.1, 0.15) is 0 Å². The van der Waals surface area contributed by atoms with E-state index in [1.54, 1.807) is 11.1 Å². The van der Waals surface area contributed by atoms with Crippen LogP contribution in [-0.4, -0.2) is 27.4 Å². The third kappa shape index (κ3) is 4.25. The van der Waals surface area contributed by atoms with Crippen LogP contribution >= 0.6 is 11.8 Å². The van der Waals surface area contributed by atoms with Gasteiger partial charge < -0.3 is 0 Å². The molecular weight excluding hydrogens is 378 g/mol. The minimum absolute atomic E-state index is 0.0988. The molecule has 0 bridgehead atoms. The normalized spacial score (nSPS) is 18.4. The lowest BCUT2D eigenvalue weighted by Gasteiger charge is -2.17. The zero-order valence-corrected chi connectivity index (χ0v) is 17.4. The molecule has 0 saturated carbocycles. The summed E-state index contributed by atoms with van der Waals surface area (Å²) in [7, 11) is 0. The first kappa shape index (κ1) is 19.4. The van der Waals surface area contributed by atoms with Crippen LogP contribution in [0.1, 0.15) is 30.0 Å². The highest BCUT2D eigenvalue weighted by molar-refractivity contribution is 8.15. The summed E-state index contributed by atoms with van der Waals surface area (Å²) in [5.74, 6) is 0.106. The van der Waals surface area contributed by atoms with Crippen molar-refractivity contribution in [2.45, 2.75) is 32.1 Å². The average molecular weight is 402 g/mol. The predicted molar refractivity (Wildman–Crippen MR) is 122 cm³/mol. The van der Waals surface area contributed by atoms with E-state index in [0.717, 1.165) is 22.9 Å². The van der Waals surface area contributed by atoms with Crippen molar-refractivity contribution in [3.05, 3.63) is 83.4 Å². The Morgan fingerprint density at radius 3 is 2.59 bits per heavy atom. The topological polar surface area (TPSA) is 45.0 Å². The second-order valence-corrected chi connectivity index (χ2v) is 8.29. The zero-order chi connectivity index (χ0) is 20.2.